The summed E-state index contributed by atoms with van der Waals surface area (Å²) < 4.78 is 1.56. The molecule has 82 valence electrons. The fraction of sp³-hybridized carbons (Fsp3) is 0.0909. The van der Waals surface area contributed by atoms with Crippen LogP contribution in [0.4, 0.5) is 5.82 Å². The summed E-state index contributed by atoms with van der Waals surface area (Å²) in [5.41, 5.74) is 7.07. The van der Waals surface area contributed by atoms with E-state index in [1.54, 1.807) is 16.4 Å². The number of benzene rings is 1. The second kappa shape index (κ2) is 4.40. The summed E-state index contributed by atoms with van der Waals surface area (Å²) in [5.74, 6) is 0.369. The number of nitrogen functional groups attached to an aromatic ring is 1. The highest BCUT2D eigenvalue weighted by Crippen LogP contribution is 2.21. The van der Waals surface area contributed by atoms with Crippen LogP contribution in [-0.2, 0) is 0 Å². The molecule has 0 radical (unpaired) electrons. The molecule has 1 aromatic carbocycles. The van der Waals surface area contributed by atoms with Crippen LogP contribution in [0.5, 0.6) is 0 Å². The number of aromatic nitrogens is 2. The van der Waals surface area contributed by atoms with Crippen LogP contribution in [0.15, 0.2) is 35.4 Å². The molecular formula is C11H11N3OS. The lowest BCUT2D eigenvalue weighted by molar-refractivity contribution is 0.112. The molecule has 0 unspecified atom stereocenters. The number of hydrogen-bond acceptors (Lipinski definition) is 4. The van der Waals surface area contributed by atoms with Crippen molar-refractivity contribution in [1.29, 1.82) is 0 Å². The second-order valence-electron chi connectivity index (χ2n) is 3.22. The number of carbonyl (C=O) groups is 1. The Hall–Kier alpha value is -1.75. The molecule has 0 spiro atoms. The van der Waals surface area contributed by atoms with Crippen LogP contribution in [-0.4, -0.2) is 22.3 Å². The van der Waals surface area contributed by atoms with Gasteiger partial charge in [-0.3, -0.25) is 4.79 Å². The molecule has 0 amide bonds. The molecule has 4 nitrogen and oxygen atoms in total. The van der Waals surface area contributed by atoms with Gasteiger partial charge in [0.15, 0.2) is 6.29 Å². The van der Waals surface area contributed by atoms with Gasteiger partial charge >= 0.3 is 0 Å². The average molecular weight is 233 g/mol. The Morgan fingerprint density at radius 1 is 1.50 bits per heavy atom. The predicted octanol–water partition coefficient (Wildman–Crippen LogP) is 1.99. The van der Waals surface area contributed by atoms with Gasteiger partial charge in [0.25, 0.3) is 0 Å². The van der Waals surface area contributed by atoms with Gasteiger partial charge in [0.2, 0.25) is 0 Å². The lowest BCUT2D eigenvalue weighted by Crippen LogP contribution is -2.02. The van der Waals surface area contributed by atoms with Crippen molar-refractivity contribution in [1.82, 2.24) is 9.78 Å². The Morgan fingerprint density at radius 2 is 2.31 bits per heavy atom. The predicted molar refractivity (Wildman–Crippen MR) is 65.1 cm³/mol. The first-order valence-electron chi connectivity index (χ1n) is 4.69. The van der Waals surface area contributed by atoms with Gasteiger partial charge in [-0.2, -0.15) is 5.10 Å². The maximum atomic E-state index is 10.7. The van der Waals surface area contributed by atoms with Crippen molar-refractivity contribution >= 4 is 23.9 Å². The van der Waals surface area contributed by atoms with E-state index in [4.69, 9.17) is 5.73 Å². The molecule has 2 aromatic rings. The number of aldehydes is 1. The highest BCUT2D eigenvalue weighted by atomic mass is 32.2. The summed E-state index contributed by atoms with van der Waals surface area (Å²) in [6.45, 7) is 0. The smallest absolute Gasteiger partial charge is 0.155 e. The van der Waals surface area contributed by atoms with Crippen LogP contribution in [0.1, 0.15) is 10.4 Å². The molecule has 0 aliphatic carbocycles. The zero-order chi connectivity index (χ0) is 11.5. The van der Waals surface area contributed by atoms with Crippen LogP contribution in [0, 0.1) is 0 Å². The molecule has 16 heavy (non-hydrogen) atoms. The van der Waals surface area contributed by atoms with Crippen molar-refractivity contribution in [3.8, 4) is 5.69 Å². The molecule has 2 rings (SSSR count). The van der Waals surface area contributed by atoms with Crippen molar-refractivity contribution < 1.29 is 4.79 Å². The number of nitrogens with zero attached hydrogens (tertiary/aromatic N) is 2. The second-order valence-corrected chi connectivity index (χ2v) is 4.10. The molecule has 0 saturated carbocycles. The van der Waals surface area contributed by atoms with Gasteiger partial charge in [-0.1, -0.05) is 6.07 Å². The standard InChI is InChI=1S/C11H11N3OS/c1-16-10-4-2-3-9(5-10)14-11(12)8(7-15)6-13-14/h2-7H,12H2,1H3. The van der Waals surface area contributed by atoms with E-state index < -0.39 is 0 Å². The lowest BCUT2D eigenvalue weighted by atomic mass is 10.3. The number of thioether (sulfide) groups is 1. The molecule has 0 aliphatic heterocycles. The summed E-state index contributed by atoms with van der Waals surface area (Å²) in [6.07, 6.45) is 4.17. The van der Waals surface area contributed by atoms with Crippen LogP contribution in [0.3, 0.4) is 0 Å². The Morgan fingerprint density at radius 3 is 2.94 bits per heavy atom. The van der Waals surface area contributed by atoms with Gasteiger partial charge in [-0.15, -0.1) is 11.8 Å². The number of carbonyl (C=O) groups excluding carboxylic acids is 1. The van der Waals surface area contributed by atoms with Crippen molar-refractivity contribution in [3.63, 3.8) is 0 Å². The summed E-state index contributed by atoms with van der Waals surface area (Å²) in [7, 11) is 0. The van der Waals surface area contributed by atoms with E-state index in [1.807, 2.05) is 30.5 Å². The zero-order valence-corrected chi connectivity index (χ0v) is 9.57. The van der Waals surface area contributed by atoms with Gasteiger partial charge in [-0.25, -0.2) is 4.68 Å². The first kappa shape index (κ1) is 10.8. The molecule has 0 fully saturated rings. The van der Waals surface area contributed by atoms with Crippen LogP contribution in [0.25, 0.3) is 5.69 Å². The first-order chi connectivity index (χ1) is 7.76. The molecule has 1 aromatic heterocycles. The third-order valence-electron chi connectivity index (χ3n) is 2.26. The van der Waals surface area contributed by atoms with Gasteiger partial charge < -0.3 is 5.73 Å². The summed E-state index contributed by atoms with van der Waals surface area (Å²) in [4.78, 5) is 11.8. The van der Waals surface area contributed by atoms with E-state index in [-0.39, 0.29) is 0 Å². The van der Waals surface area contributed by atoms with Crippen molar-refractivity contribution in [3.05, 3.63) is 36.0 Å². The maximum Gasteiger partial charge on any atom is 0.155 e. The highest BCUT2D eigenvalue weighted by Gasteiger charge is 2.08. The molecule has 0 saturated heterocycles. The third kappa shape index (κ3) is 1.81. The van der Waals surface area contributed by atoms with Gasteiger partial charge in [0, 0.05) is 4.90 Å². The number of nitrogens with two attached hydrogens (primary N) is 1. The van der Waals surface area contributed by atoms with Gasteiger partial charge in [-0.05, 0) is 24.5 Å². The fourth-order valence-corrected chi connectivity index (χ4v) is 1.86. The third-order valence-corrected chi connectivity index (χ3v) is 2.99. The summed E-state index contributed by atoms with van der Waals surface area (Å²) in [5, 5.41) is 4.08. The number of anilines is 1. The Labute approximate surface area is 97.5 Å². The molecule has 0 atom stereocenters. The minimum atomic E-state index is 0.369. The first-order valence-corrected chi connectivity index (χ1v) is 5.92. The van der Waals surface area contributed by atoms with E-state index in [2.05, 4.69) is 5.10 Å². The summed E-state index contributed by atoms with van der Waals surface area (Å²) in [6, 6.07) is 7.82. The molecule has 0 aliphatic rings. The Kier molecular flexibility index (Phi) is 2.96. The fourth-order valence-electron chi connectivity index (χ4n) is 1.41. The Bertz CT molecular complexity index is 522. The van der Waals surface area contributed by atoms with Crippen molar-refractivity contribution in [2.75, 3.05) is 12.0 Å². The van der Waals surface area contributed by atoms with Crippen LogP contribution in [0.2, 0.25) is 0 Å². The van der Waals surface area contributed by atoms with E-state index in [0.717, 1.165) is 10.6 Å². The normalized spacial score (nSPS) is 10.3. The molecule has 2 N–H and O–H groups in total. The molecular weight excluding hydrogens is 222 g/mol. The quantitative estimate of drug-likeness (QED) is 0.650. The largest absolute Gasteiger partial charge is 0.383 e. The molecule has 0 bridgehead atoms. The Balaban J connectivity index is 2.49. The van der Waals surface area contributed by atoms with Crippen molar-refractivity contribution in [2.45, 2.75) is 4.90 Å². The van der Waals surface area contributed by atoms with E-state index >= 15 is 0 Å². The van der Waals surface area contributed by atoms with Gasteiger partial charge in [0.1, 0.15) is 5.82 Å². The van der Waals surface area contributed by atoms with E-state index in [9.17, 15) is 4.79 Å². The highest BCUT2D eigenvalue weighted by molar-refractivity contribution is 7.98. The minimum Gasteiger partial charge on any atom is -0.383 e. The zero-order valence-electron chi connectivity index (χ0n) is 8.75. The van der Waals surface area contributed by atoms with E-state index in [0.29, 0.717) is 17.7 Å². The molecule has 1 heterocycles. The monoisotopic (exact) mass is 233 g/mol. The maximum absolute atomic E-state index is 10.7. The molecule has 5 heteroatoms. The lowest BCUT2D eigenvalue weighted by Gasteiger charge is -2.05. The average Bonchev–Trinajstić information content (AvgIpc) is 2.70. The SMILES string of the molecule is CSc1cccc(-n2ncc(C=O)c2N)c1. The topological polar surface area (TPSA) is 60.9 Å². The number of hydrogen-bond donors (Lipinski definition) is 1. The van der Waals surface area contributed by atoms with Gasteiger partial charge in [0.05, 0.1) is 17.4 Å². The minimum absolute atomic E-state index is 0.369. The summed E-state index contributed by atoms with van der Waals surface area (Å²) >= 11 is 1.64. The van der Waals surface area contributed by atoms with Crippen LogP contribution >= 0.6 is 11.8 Å². The van der Waals surface area contributed by atoms with E-state index in [1.165, 1.54) is 6.20 Å². The van der Waals surface area contributed by atoms with Crippen LogP contribution < -0.4 is 5.73 Å². The van der Waals surface area contributed by atoms with Crippen molar-refractivity contribution in [2.24, 2.45) is 0 Å². The number of rotatable bonds is 3.